The Morgan fingerprint density at radius 3 is 2.70 bits per heavy atom. The molecular formula is C12H17N5O2S. The molecule has 2 aromatic heterocycles. The minimum atomic E-state index is -3.42. The predicted molar refractivity (Wildman–Crippen MR) is 75.8 cm³/mol. The third-order valence-electron chi connectivity index (χ3n) is 2.75. The van der Waals surface area contributed by atoms with Gasteiger partial charge in [-0.05, 0) is 12.1 Å². The molecule has 2 aromatic rings. The van der Waals surface area contributed by atoms with Crippen LogP contribution in [-0.2, 0) is 16.6 Å². The number of pyridine rings is 1. The van der Waals surface area contributed by atoms with Crippen LogP contribution in [0.25, 0.3) is 0 Å². The molecule has 0 saturated heterocycles. The molecule has 2 rings (SSSR count). The van der Waals surface area contributed by atoms with Crippen molar-refractivity contribution in [3.8, 4) is 0 Å². The highest BCUT2D eigenvalue weighted by molar-refractivity contribution is 7.89. The average Bonchev–Trinajstić information content (AvgIpc) is 2.92. The Balaban J connectivity index is 1.95. The molecule has 7 nitrogen and oxygen atoms in total. The summed E-state index contributed by atoms with van der Waals surface area (Å²) in [5.41, 5.74) is 0. The standard InChI is InChI=1S/C12H17N5O2S/c1-16(2)20(18,19)11-3-4-12(15-9-11)14-6-8-17-7-5-13-10-17/h3-5,7,9-10H,6,8H2,1-2H3,(H,14,15). The van der Waals surface area contributed by atoms with Crippen LogP contribution in [0, 0.1) is 0 Å². The van der Waals surface area contributed by atoms with Gasteiger partial charge in [0, 0.05) is 45.8 Å². The largest absolute Gasteiger partial charge is 0.368 e. The summed E-state index contributed by atoms with van der Waals surface area (Å²) in [5, 5.41) is 3.12. The van der Waals surface area contributed by atoms with Crippen LogP contribution in [0.2, 0.25) is 0 Å². The normalized spacial score (nSPS) is 11.8. The fourth-order valence-corrected chi connectivity index (χ4v) is 2.43. The summed E-state index contributed by atoms with van der Waals surface area (Å²) in [6.45, 7) is 1.45. The molecule has 0 bridgehead atoms. The van der Waals surface area contributed by atoms with Gasteiger partial charge in [0.2, 0.25) is 10.0 Å². The Morgan fingerprint density at radius 2 is 2.15 bits per heavy atom. The Bertz CT molecular complexity index is 635. The van der Waals surface area contributed by atoms with Gasteiger partial charge >= 0.3 is 0 Å². The lowest BCUT2D eigenvalue weighted by Crippen LogP contribution is -2.22. The van der Waals surface area contributed by atoms with Crippen molar-refractivity contribution < 1.29 is 8.42 Å². The number of nitrogens with zero attached hydrogens (tertiary/aromatic N) is 4. The lowest BCUT2D eigenvalue weighted by molar-refractivity contribution is 0.520. The molecule has 2 heterocycles. The number of imidazole rings is 1. The van der Waals surface area contributed by atoms with Crippen LogP contribution < -0.4 is 5.32 Å². The fourth-order valence-electron chi connectivity index (χ4n) is 1.58. The molecule has 0 aliphatic rings. The van der Waals surface area contributed by atoms with Gasteiger partial charge < -0.3 is 9.88 Å². The lowest BCUT2D eigenvalue weighted by Gasteiger charge is -2.11. The molecule has 1 N–H and O–H groups in total. The number of aromatic nitrogens is 3. The second-order valence-electron chi connectivity index (χ2n) is 4.39. The van der Waals surface area contributed by atoms with Gasteiger partial charge in [-0.15, -0.1) is 0 Å². The summed E-state index contributed by atoms with van der Waals surface area (Å²) in [7, 11) is -0.434. The Hall–Kier alpha value is -1.93. The molecule has 0 saturated carbocycles. The number of hydrogen-bond acceptors (Lipinski definition) is 5. The van der Waals surface area contributed by atoms with E-state index in [-0.39, 0.29) is 4.90 Å². The van der Waals surface area contributed by atoms with Crippen LogP contribution in [0.4, 0.5) is 5.82 Å². The molecule has 0 fully saturated rings. The lowest BCUT2D eigenvalue weighted by atomic mass is 10.4. The first-order chi connectivity index (χ1) is 9.50. The maximum atomic E-state index is 11.9. The highest BCUT2D eigenvalue weighted by Gasteiger charge is 2.17. The van der Waals surface area contributed by atoms with Crippen LogP contribution in [0.5, 0.6) is 0 Å². The van der Waals surface area contributed by atoms with Crippen LogP contribution in [0.1, 0.15) is 0 Å². The average molecular weight is 295 g/mol. The Kier molecular flexibility index (Phi) is 4.35. The van der Waals surface area contributed by atoms with E-state index in [2.05, 4.69) is 15.3 Å². The molecule has 8 heteroatoms. The van der Waals surface area contributed by atoms with E-state index in [0.717, 1.165) is 10.8 Å². The zero-order chi connectivity index (χ0) is 14.6. The van der Waals surface area contributed by atoms with Crippen LogP contribution in [0.15, 0.2) is 41.9 Å². The highest BCUT2D eigenvalue weighted by Crippen LogP contribution is 2.13. The van der Waals surface area contributed by atoms with E-state index in [1.807, 2.05) is 10.8 Å². The van der Waals surface area contributed by atoms with Gasteiger partial charge in [0.15, 0.2) is 0 Å². The van der Waals surface area contributed by atoms with Gasteiger partial charge in [-0.2, -0.15) is 0 Å². The van der Waals surface area contributed by atoms with Crippen molar-refractivity contribution in [1.82, 2.24) is 18.8 Å². The maximum Gasteiger partial charge on any atom is 0.244 e. The van der Waals surface area contributed by atoms with E-state index in [9.17, 15) is 8.42 Å². The van der Waals surface area contributed by atoms with Gasteiger partial charge in [-0.25, -0.2) is 22.7 Å². The maximum absolute atomic E-state index is 11.9. The minimum Gasteiger partial charge on any atom is -0.368 e. The number of sulfonamides is 1. The van der Waals surface area contributed by atoms with E-state index in [4.69, 9.17) is 0 Å². The van der Waals surface area contributed by atoms with Crippen molar-refractivity contribution in [2.45, 2.75) is 11.4 Å². The second-order valence-corrected chi connectivity index (χ2v) is 6.55. The van der Waals surface area contributed by atoms with Crippen molar-refractivity contribution in [1.29, 1.82) is 0 Å². The summed E-state index contributed by atoms with van der Waals surface area (Å²) in [5.74, 6) is 0.642. The third kappa shape index (κ3) is 3.34. The van der Waals surface area contributed by atoms with Gasteiger partial charge in [0.05, 0.1) is 6.33 Å². The summed E-state index contributed by atoms with van der Waals surface area (Å²) in [6.07, 6.45) is 6.69. The van der Waals surface area contributed by atoms with Crippen molar-refractivity contribution >= 4 is 15.8 Å². The zero-order valence-corrected chi connectivity index (χ0v) is 12.2. The number of anilines is 1. The van der Waals surface area contributed by atoms with Crippen LogP contribution in [-0.4, -0.2) is 47.9 Å². The second kappa shape index (κ2) is 6.02. The molecular weight excluding hydrogens is 278 g/mol. The highest BCUT2D eigenvalue weighted by atomic mass is 32.2. The zero-order valence-electron chi connectivity index (χ0n) is 11.4. The van der Waals surface area contributed by atoms with Crippen molar-refractivity contribution in [2.24, 2.45) is 0 Å². The first-order valence-electron chi connectivity index (χ1n) is 6.08. The number of hydrogen-bond donors (Lipinski definition) is 1. The van der Waals surface area contributed by atoms with E-state index < -0.39 is 10.0 Å². The molecule has 0 radical (unpaired) electrons. The molecule has 20 heavy (non-hydrogen) atoms. The number of nitrogens with one attached hydrogen (secondary N) is 1. The first-order valence-corrected chi connectivity index (χ1v) is 7.52. The molecule has 0 amide bonds. The van der Waals surface area contributed by atoms with Crippen molar-refractivity contribution in [3.63, 3.8) is 0 Å². The van der Waals surface area contributed by atoms with Crippen LogP contribution in [0.3, 0.4) is 0 Å². The van der Waals surface area contributed by atoms with Gasteiger partial charge in [0.25, 0.3) is 0 Å². The van der Waals surface area contributed by atoms with Crippen molar-refractivity contribution in [3.05, 3.63) is 37.1 Å². The Morgan fingerprint density at radius 1 is 1.35 bits per heavy atom. The molecule has 0 atom stereocenters. The molecule has 0 aliphatic heterocycles. The topological polar surface area (TPSA) is 80.1 Å². The first kappa shape index (κ1) is 14.5. The molecule has 108 valence electrons. The Labute approximate surface area is 118 Å². The monoisotopic (exact) mass is 295 g/mol. The van der Waals surface area contributed by atoms with E-state index >= 15 is 0 Å². The molecule has 0 aromatic carbocycles. The van der Waals surface area contributed by atoms with E-state index in [1.54, 1.807) is 24.7 Å². The van der Waals surface area contributed by atoms with Gasteiger partial charge in [0.1, 0.15) is 10.7 Å². The van der Waals surface area contributed by atoms with Gasteiger partial charge in [-0.3, -0.25) is 0 Å². The number of rotatable bonds is 6. The quantitative estimate of drug-likeness (QED) is 0.846. The third-order valence-corrected chi connectivity index (χ3v) is 4.55. The molecule has 0 spiro atoms. The van der Waals surface area contributed by atoms with Crippen LogP contribution >= 0.6 is 0 Å². The smallest absolute Gasteiger partial charge is 0.244 e. The SMILES string of the molecule is CN(C)S(=O)(=O)c1ccc(NCCn2ccnc2)nc1. The minimum absolute atomic E-state index is 0.183. The summed E-state index contributed by atoms with van der Waals surface area (Å²) < 4.78 is 26.8. The summed E-state index contributed by atoms with van der Waals surface area (Å²) >= 11 is 0. The predicted octanol–water partition coefficient (Wildman–Crippen LogP) is 0.640. The summed E-state index contributed by atoms with van der Waals surface area (Å²) in [4.78, 5) is 8.24. The van der Waals surface area contributed by atoms with E-state index in [0.29, 0.717) is 12.4 Å². The van der Waals surface area contributed by atoms with Gasteiger partial charge in [-0.1, -0.05) is 0 Å². The van der Waals surface area contributed by atoms with E-state index in [1.165, 1.54) is 20.3 Å². The van der Waals surface area contributed by atoms with Crippen molar-refractivity contribution in [2.75, 3.05) is 26.0 Å². The summed E-state index contributed by atoms with van der Waals surface area (Å²) in [6, 6.07) is 3.20. The molecule has 0 aliphatic carbocycles. The fraction of sp³-hybridized carbons (Fsp3) is 0.333. The molecule has 0 unspecified atom stereocenters.